The molecule has 0 aliphatic rings. The molecule has 2 aromatic rings. The summed E-state index contributed by atoms with van der Waals surface area (Å²) in [6.45, 7) is 0. The van der Waals surface area contributed by atoms with Gasteiger partial charge in [-0.3, -0.25) is 0 Å². The van der Waals surface area contributed by atoms with Crippen LogP contribution in [0.2, 0.25) is 0 Å². The van der Waals surface area contributed by atoms with Crippen LogP contribution in [0.1, 0.15) is 11.4 Å². The number of nitrogens with zero attached hydrogens (tertiary/aromatic N) is 2. The summed E-state index contributed by atoms with van der Waals surface area (Å²) >= 11 is 1.56. The smallest absolute Gasteiger partial charge is 0.154 e. The number of rotatable bonds is 5. The highest BCUT2D eigenvalue weighted by Crippen LogP contribution is 2.20. The van der Waals surface area contributed by atoms with Crippen LogP contribution in [0.4, 0.5) is 0 Å². The fourth-order valence-corrected chi connectivity index (χ4v) is 2.16. The third-order valence-corrected chi connectivity index (χ3v) is 3.35. The van der Waals surface area contributed by atoms with Gasteiger partial charge in [-0.2, -0.15) is 0 Å². The summed E-state index contributed by atoms with van der Waals surface area (Å²) in [7, 11) is 1.66. The second-order valence-corrected chi connectivity index (χ2v) is 4.84. The third-order valence-electron chi connectivity index (χ3n) is 2.42. The first kappa shape index (κ1) is 13.4. The van der Waals surface area contributed by atoms with E-state index in [1.807, 2.05) is 24.3 Å². The standard InChI is InChI=1S/C14H15N3OS/c1-18-12-5-3-11(4-6-12)10-19-13(15)9-14-16-7-2-8-17-14/h2-9H,10,15H2,1H3/b13-9+. The highest BCUT2D eigenvalue weighted by molar-refractivity contribution is 8.02. The lowest BCUT2D eigenvalue weighted by Crippen LogP contribution is -1.95. The first-order valence-electron chi connectivity index (χ1n) is 5.78. The molecule has 5 heteroatoms. The molecule has 1 heterocycles. The highest BCUT2D eigenvalue weighted by Gasteiger charge is 1.98. The Balaban J connectivity index is 1.92. The Morgan fingerprint density at radius 2 is 1.95 bits per heavy atom. The lowest BCUT2D eigenvalue weighted by atomic mass is 10.2. The van der Waals surface area contributed by atoms with Crippen LogP contribution in [0.3, 0.4) is 0 Å². The van der Waals surface area contributed by atoms with Crippen molar-refractivity contribution in [1.29, 1.82) is 0 Å². The predicted octanol–water partition coefficient (Wildman–Crippen LogP) is 2.68. The van der Waals surface area contributed by atoms with Gasteiger partial charge in [-0.25, -0.2) is 9.97 Å². The van der Waals surface area contributed by atoms with E-state index in [4.69, 9.17) is 10.5 Å². The maximum absolute atomic E-state index is 5.93. The molecule has 4 nitrogen and oxygen atoms in total. The van der Waals surface area contributed by atoms with Gasteiger partial charge in [0.15, 0.2) is 5.82 Å². The SMILES string of the molecule is COc1ccc(CS/C(N)=C/c2ncccn2)cc1. The van der Waals surface area contributed by atoms with Crippen LogP contribution in [0.5, 0.6) is 5.75 Å². The van der Waals surface area contributed by atoms with Crippen LogP contribution in [-0.4, -0.2) is 17.1 Å². The van der Waals surface area contributed by atoms with Crippen molar-refractivity contribution in [2.75, 3.05) is 7.11 Å². The first-order valence-corrected chi connectivity index (χ1v) is 6.76. The first-order chi connectivity index (χ1) is 9.28. The van der Waals surface area contributed by atoms with Crippen molar-refractivity contribution in [3.63, 3.8) is 0 Å². The monoisotopic (exact) mass is 273 g/mol. The van der Waals surface area contributed by atoms with Gasteiger partial charge in [-0.05, 0) is 23.8 Å². The molecule has 0 aliphatic heterocycles. The van der Waals surface area contributed by atoms with E-state index in [2.05, 4.69) is 9.97 Å². The number of benzene rings is 1. The van der Waals surface area contributed by atoms with Crippen molar-refractivity contribution in [1.82, 2.24) is 9.97 Å². The Morgan fingerprint density at radius 1 is 1.26 bits per heavy atom. The summed E-state index contributed by atoms with van der Waals surface area (Å²) in [6, 6.07) is 9.71. The normalized spacial score (nSPS) is 11.3. The minimum absolute atomic E-state index is 0.627. The number of thioether (sulfide) groups is 1. The zero-order valence-corrected chi connectivity index (χ0v) is 11.4. The molecule has 0 spiro atoms. The third kappa shape index (κ3) is 4.30. The molecule has 98 valence electrons. The Labute approximate surface area is 116 Å². The van der Waals surface area contributed by atoms with Crippen molar-refractivity contribution in [3.05, 3.63) is 59.1 Å². The minimum Gasteiger partial charge on any atom is -0.497 e. The number of methoxy groups -OCH3 is 1. The van der Waals surface area contributed by atoms with Gasteiger partial charge in [0, 0.05) is 24.2 Å². The van der Waals surface area contributed by atoms with Gasteiger partial charge in [0.1, 0.15) is 5.75 Å². The lowest BCUT2D eigenvalue weighted by Gasteiger charge is -2.03. The Kier molecular flexibility index (Phi) is 4.80. The van der Waals surface area contributed by atoms with Gasteiger partial charge in [0.05, 0.1) is 12.1 Å². The van der Waals surface area contributed by atoms with Gasteiger partial charge in [-0.1, -0.05) is 12.1 Å². The van der Waals surface area contributed by atoms with Crippen LogP contribution in [0.15, 0.2) is 47.8 Å². The van der Waals surface area contributed by atoms with Gasteiger partial charge in [-0.15, -0.1) is 11.8 Å². The van der Waals surface area contributed by atoms with E-state index >= 15 is 0 Å². The number of ether oxygens (including phenoxy) is 1. The molecule has 19 heavy (non-hydrogen) atoms. The average Bonchev–Trinajstić information content (AvgIpc) is 2.47. The summed E-state index contributed by atoms with van der Waals surface area (Å²) in [6.07, 6.45) is 5.16. The number of hydrogen-bond donors (Lipinski definition) is 1. The molecular formula is C14H15N3OS. The van der Waals surface area contributed by atoms with E-state index in [0.717, 1.165) is 11.5 Å². The van der Waals surface area contributed by atoms with Crippen LogP contribution < -0.4 is 10.5 Å². The van der Waals surface area contributed by atoms with Gasteiger partial charge >= 0.3 is 0 Å². The predicted molar refractivity (Wildman–Crippen MR) is 78.5 cm³/mol. The molecule has 2 rings (SSSR count). The molecule has 0 saturated carbocycles. The van der Waals surface area contributed by atoms with E-state index in [9.17, 15) is 0 Å². The topological polar surface area (TPSA) is 61.0 Å². The summed E-state index contributed by atoms with van der Waals surface area (Å²) < 4.78 is 5.11. The Bertz CT molecular complexity index is 540. The van der Waals surface area contributed by atoms with Crippen molar-refractivity contribution in [2.24, 2.45) is 5.73 Å². The molecule has 0 bridgehead atoms. The molecule has 2 N–H and O–H groups in total. The van der Waals surface area contributed by atoms with Crippen molar-refractivity contribution < 1.29 is 4.74 Å². The van der Waals surface area contributed by atoms with E-state index in [0.29, 0.717) is 10.9 Å². The van der Waals surface area contributed by atoms with E-state index < -0.39 is 0 Å². The fraction of sp³-hybridized carbons (Fsp3) is 0.143. The molecule has 0 aliphatic carbocycles. The largest absolute Gasteiger partial charge is 0.497 e. The molecule has 0 atom stereocenters. The van der Waals surface area contributed by atoms with Gasteiger partial charge in [0.25, 0.3) is 0 Å². The van der Waals surface area contributed by atoms with Crippen LogP contribution in [0, 0.1) is 0 Å². The van der Waals surface area contributed by atoms with Crippen molar-refractivity contribution >= 4 is 17.8 Å². The molecule has 0 fully saturated rings. The molecule has 0 radical (unpaired) electrons. The quantitative estimate of drug-likeness (QED) is 0.907. The molecule has 1 aromatic heterocycles. The van der Waals surface area contributed by atoms with Crippen LogP contribution in [0.25, 0.3) is 6.08 Å². The molecule has 1 aromatic carbocycles. The minimum atomic E-state index is 0.627. The number of aromatic nitrogens is 2. The summed E-state index contributed by atoms with van der Waals surface area (Å²) in [5.41, 5.74) is 7.12. The zero-order valence-electron chi connectivity index (χ0n) is 10.6. The summed E-state index contributed by atoms with van der Waals surface area (Å²) in [5, 5.41) is 0.696. The molecular weight excluding hydrogens is 258 g/mol. The number of hydrogen-bond acceptors (Lipinski definition) is 5. The van der Waals surface area contributed by atoms with E-state index in [1.54, 1.807) is 43.4 Å². The molecule has 0 saturated heterocycles. The van der Waals surface area contributed by atoms with Crippen LogP contribution >= 0.6 is 11.8 Å². The Morgan fingerprint density at radius 3 is 2.58 bits per heavy atom. The molecule has 0 unspecified atom stereocenters. The van der Waals surface area contributed by atoms with Gasteiger partial charge in [0.2, 0.25) is 0 Å². The van der Waals surface area contributed by atoms with Gasteiger partial charge < -0.3 is 10.5 Å². The molecule has 0 amide bonds. The van der Waals surface area contributed by atoms with Crippen molar-refractivity contribution in [2.45, 2.75) is 5.75 Å². The summed E-state index contributed by atoms with van der Waals surface area (Å²) in [4.78, 5) is 8.20. The lowest BCUT2D eigenvalue weighted by molar-refractivity contribution is 0.414. The second-order valence-electron chi connectivity index (χ2n) is 3.79. The van der Waals surface area contributed by atoms with Crippen molar-refractivity contribution in [3.8, 4) is 5.75 Å². The second kappa shape index (κ2) is 6.80. The van der Waals surface area contributed by atoms with E-state index in [1.165, 1.54) is 5.56 Å². The number of nitrogens with two attached hydrogens (primary N) is 1. The highest BCUT2D eigenvalue weighted by atomic mass is 32.2. The van der Waals surface area contributed by atoms with Crippen LogP contribution in [-0.2, 0) is 5.75 Å². The Hall–Kier alpha value is -2.01. The zero-order chi connectivity index (χ0) is 13.5. The maximum Gasteiger partial charge on any atom is 0.154 e. The van der Waals surface area contributed by atoms with E-state index in [-0.39, 0.29) is 0 Å². The average molecular weight is 273 g/mol. The maximum atomic E-state index is 5.93. The fourth-order valence-electron chi connectivity index (χ4n) is 1.44. The summed E-state index contributed by atoms with van der Waals surface area (Å²) in [5.74, 6) is 2.29.